The van der Waals surface area contributed by atoms with Gasteiger partial charge in [0.05, 0.1) is 10.6 Å². The zero-order valence-electron chi connectivity index (χ0n) is 8.20. The molecule has 0 heterocycles. The summed E-state index contributed by atoms with van der Waals surface area (Å²) in [6, 6.07) is 7.84. The summed E-state index contributed by atoms with van der Waals surface area (Å²) in [5.41, 5.74) is 2.17. The molecule has 78 valence electrons. The number of halogens is 1. The van der Waals surface area contributed by atoms with Crippen LogP contribution in [0.4, 0.5) is 0 Å². The van der Waals surface area contributed by atoms with Crippen molar-refractivity contribution in [3.05, 3.63) is 35.4 Å². The summed E-state index contributed by atoms with van der Waals surface area (Å²) in [6.07, 6.45) is 1.25. The molecule has 0 amide bonds. The van der Waals surface area contributed by atoms with Gasteiger partial charge in [-0.1, -0.05) is 45.8 Å². The number of aryl methyl sites for hydroxylation is 1. The van der Waals surface area contributed by atoms with Crippen molar-refractivity contribution in [1.82, 2.24) is 0 Å². The number of sulfone groups is 1. The van der Waals surface area contributed by atoms with Crippen LogP contribution in [-0.2, 0) is 9.84 Å². The van der Waals surface area contributed by atoms with Crippen LogP contribution in [0.3, 0.4) is 0 Å². The van der Waals surface area contributed by atoms with Gasteiger partial charge in [0.1, 0.15) is 9.84 Å². The molecule has 2 nitrogen and oxygen atoms in total. The summed E-state index contributed by atoms with van der Waals surface area (Å²) in [6.45, 7) is 2.00. The highest BCUT2D eigenvalue weighted by Gasteiger charge is 2.13. The van der Waals surface area contributed by atoms with Gasteiger partial charge in [0, 0.05) is 6.26 Å². The number of rotatable bonds is 3. The average Bonchev–Trinajstić information content (AvgIpc) is 2.02. The van der Waals surface area contributed by atoms with E-state index in [-0.39, 0.29) is 10.6 Å². The molecule has 0 N–H and O–H groups in total. The third kappa shape index (κ3) is 3.80. The predicted octanol–water partition coefficient (Wildman–Crippen LogP) is 2.48. The minimum Gasteiger partial charge on any atom is -0.229 e. The topological polar surface area (TPSA) is 34.1 Å². The van der Waals surface area contributed by atoms with E-state index in [0.717, 1.165) is 5.56 Å². The Morgan fingerprint density at radius 1 is 1.29 bits per heavy atom. The summed E-state index contributed by atoms with van der Waals surface area (Å²) in [5.74, 6) is 0.135. The summed E-state index contributed by atoms with van der Waals surface area (Å²) in [7, 11) is -2.93. The van der Waals surface area contributed by atoms with Gasteiger partial charge in [0.2, 0.25) is 0 Å². The Balaban J connectivity index is 2.80. The maximum absolute atomic E-state index is 11.1. The summed E-state index contributed by atoms with van der Waals surface area (Å²) >= 11 is 3.37. The normalized spacial score (nSPS) is 13.9. The first-order valence-electron chi connectivity index (χ1n) is 4.27. The van der Waals surface area contributed by atoms with E-state index >= 15 is 0 Å². The van der Waals surface area contributed by atoms with Crippen LogP contribution in [0, 0.1) is 6.92 Å². The highest BCUT2D eigenvalue weighted by molar-refractivity contribution is 9.09. The lowest BCUT2D eigenvalue weighted by Gasteiger charge is -2.08. The van der Waals surface area contributed by atoms with E-state index in [4.69, 9.17) is 0 Å². The minimum atomic E-state index is -2.93. The lowest BCUT2D eigenvalue weighted by atomic mass is 10.1. The fourth-order valence-corrected chi connectivity index (χ4v) is 3.61. The van der Waals surface area contributed by atoms with Crippen LogP contribution in [0.5, 0.6) is 0 Å². The SMILES string of the molecule is Cc1ccc(C(Br)CS(C)(=O)=O)cc1. The minimum absolute atomic E-state index is 0.113. The van der Waals surface area contributed by atoms with Crippen molar-refractivity contribution >= 4 is 25.8 Å². The number of hydrogen-bond donors (Lipinski definition) is 0. The van der Waals surface area contributed by atoms with Gasteiger partial charge in [-0.3, -0.25) is 0 Å². The Labute approximate surface area is 93.4 Å². The van der Waals surface area contributed by atoms with Crippen molar-refractivity contribution < 1.29 is 8.42 Å². The van der Waals surface area contributed by atoms with E-state index in [1.165, 1.54) is 11.8 Å². The maximum Gasteiger partial charge on any atom is 0.148 e. The van der Waals surface area contributed by atoms with Crippen LogP contribution < -0.4 is 0 Å². The van der Waals surface area contributed by atoms with Crippen molar-refractivity contribution in [2.45, 2.75) is 11.8 Å². The highest BCUT2D eigenvalue weighted by Crippen LogP contribution is 2.24. The quantitative estimate of drug-likeness (QED) is 0.795. The fraction of sp³-hybridized carbons (Fsp3) is 0.400. The second kappa shape index (κ2) is 4.45. The third-order valence-electron chi connectivity index (χ3n) is 1.89. The van der Waals surface area contributed by atoms with Gasteiger partial charge in [-0.2, -0.15) is 0 Å². The molecule has 0 bridgehead atoms. The summed E-state index contributed by atoms with van der Waals surface area (Å²) in [5, 5.41) is 0. The molecule has 0 fully saturated rings. The molecular weight excluding hydrogens is 264 g/mol. The number of benzene rings is 1. The van der Waals surface area contributed by atoms with E-state index < -0.39 is 9.84 Å². The van der Waals surface area contributed by atoms with Crippen LogP contribution in [0.1, 0.15) is 16.0 Å². The number of alkyl halides is 1. The molecule has 14 heavy (non-hydrogen) atoms. The fourth-order valence-electron chi connectivity index (χ4n) is 1.14. The molecule has 0 saturated heterocycles. The monoisotopic (exact) mass is 276 g/mol. The first-order valence-corrected chi connectivity index (χ1v) is 7.24. The molecule has 1 aromatic carbocycles. The van der Waals surface area contributed by atoms with Crippen LogP contribution in [0.25, 0.3) is 0 Å². The van der Waals surface area contributed by atoms with Gasteiger partial charge < -0.3 is 0 Å². The Morgan fingerprint density at radius 2 is 1.79 bits per heavy atom. The Hall–Kier alpha value is -0.350. The molecule has 0 aliphatic carbocycles. The van der Waals surface area contributed by atoms with Gasteiger partial charge in [-0.05, 0) is 12.5 Å². The van der Waals surface area contributed by atoms with E-state index in [0.29, 0.717) is 0 Å². The molecule has 0 radical (unpaired) electrons. The van der Waals surface area contributed by atoms with E-state index in [1.807, 2.05) is 31.2 Å². The maximum atomic E-state index is 11.1. The average molecular weight is 277 g/mol. The standard InChI is InChI=1S/C10H13BrO2S/c1-8-3-5-9(6-4-8)10(11)7-14(2,12)13/h3-6,10H,7H2,1-2H3. The first kappa shape index (κ1) is 11.7. The molecule has 0 aliphatic heterocycles. The van der Waals surface area contributed by atoms with Crippen LogP contribution >= 0.6 is 15.9 Å². The zero-order chi connectivity index (χ0) is 10.8. The Bertz CT molecular complexity index is 395. The van der Waals surface area contributed by atoms with Crippen molar-refractivity contribution in [2.24, 2.45) is 0 Å². The molecule has 0 spiro atoms. The van der Waals surface area contributed by atoms with Gasteiger partial charge >= 0.3 is 0 Å². The van der Waals surface area contributed by atoms with Crippen molar-refractivity contribution in [3.8, 4) is 0 Å². The molecule has 1 unspecified atom stereocenters. The second-order valence-corrected chi connectivity index (χ2v) is 6.76. The molecule has 0 aromatic heterocycles. The third-order valence-corrected chi connectivity index (χ3v) is 4.11. The van der Waals surface area contributed by atoms with Gasteiger partial charge in [0.15, 0.2) is 0 Å². The Morgan fingerprint density at radius 3 is 2.21 bits per heavy atom. The zero-order valence-corrected chi connectivity index (χ0v) is 10.6. The molecule has 0 aliphatic rings. The predicted molar refractivity (Wildman–Crippen MR) is 62.6 cm³/mol. The molecule has 1 aromatic rings. The molecule has 0 saturated carbocycles. The van der Waals surface area contributed by atoms with E-state index in [2.05, 4.69) is 15.9 Å². The second-order valence-electron chi connectivity index (χ2n) is 3.47. The molecule has 4 heteroatoms. The van der Waals surface area contributed by atoms with Crippen LogP contribution in [0.15, 0.2) is 24.3 Å². The van der Waals surface area contributed by atoms with Crippen molar-refractivity contribution in [2.75, 3.05) is 12.0 Å². The molecular formula is C10H13BrO2S. The Kier molecular flexibility index (Phi) is 3.72. The number of hydrogen-bond acceptors (Lipinski definition) is 2. The lowest BCUT2D eigenvalue weighted by Crippen LogP contribution is -2.08. The van der Waals surface area contributed by atoms with E-state index in [1.54, 1.807) is 0 Å². The summed E-state index contributed by atoms with van der Waals surface area (Å²) in [4.78, 5) is -0.113. The van der Waals surface area contributed by atoms with Gasteiger partial charge in [0.25, 0.3) is 0 Å². The van der Waals surface area contributed by atoms with Gasteiger partial charge in [-0.15, -0.1) is 0 Å². The van der Waals surface area contributed by atoms with Crippen LogP contribution in [-0.4, -0.2) is 20.4 Å². The summed E-state index contributed by atoms with van der Waals surface area (Å²) < 4.78 is 22.1. The van der Waals surface area contributed by atoms with Crippen molar-refractivity contribution in [3.63, 3.8) is 0 Å². The van der Waals surface area contributed by atoms with Gasteiger partial charge in [-0.25, -0.2) is 8.42 Å². The first-order chi connectivity index (χ1) is 6.38. The van der Waals surface area contributed by atoms with Crippen molar-refractivity contribution in [1.29, 1.82) is 0 Å². The molecule has 1 atom stereocenters. The highest BCUT2D eigenvalue weighted by atomic mass is 79.9. The van der Waals surface area contributed by atoms with Crippen LogP contribution in [0.2, 0.25) is 0 Å². The largest absolute Gasteiger partial charge is 0.229 e. The lowest BCUT2D eigenvalue weighted by molar-refractivity contribution is 0.601. The molecule has 1 rings (SSSR count). The van der Waals surface area contributed by atoms with E-state index in [9.17, 15) is 8.42 Å². The smallest absolute Gasteiger partial charge is 0.148 e.